The van der Waals surface area contributed by atoms with E-state index in [2.05, 4.69) is 20.2 Å². The largest absolute Gasteiger partial charge is 0.477 e. The van der Waals surface area contributed by atoms with Gasteiger partial charge >= 0.3 is 5.97 Å². The fraction of sp³-hybridized carbons (Fsp3) is 0.348. The van der Waals surface area contributed by atoms with Crippen molar-refractivity contribution in [1.29, 1.82) is 0 Å². The average Bonchev–Trinajstić information content (AvgIpc) is 3.17. The van der Waals surface area contributed by atoms with Crippen molar-refractivity contribution >= 4 is 51.5 Å². The molecule has 2 aromatic heterocycles. The Morgan fingerprint density at radius 3 is 2.48 bits per heavy atom. The molecular formula is C23H22Cl2N4O3S. The van der Waals surface area contributed by atoms with E-state index in [1.54, 1.807) is 6.92 Å². The van der Waals surface area contributed by atoms with Gasteiger partial charge in [-0.2, -0.15) is 0 Å². The first-order chi connectivity index (χ1) is 15.8. The molecule has 1 saturated carbocycles. The summed E-state index contributed by atoms with van der Waals surface area (Å²) in [6.45, 7) is 3.24. The van der Waals surface area contributed by atoms with E-state index in [1.165, 1.54) is 11.3 Å². The highest BCUT2D eigenvalue weighted by Crippen LogP contribution is 2.48. The Morgan fingerprint density at radius 1 is 1.18 bits per heavy atom. The monoisotopic (exact) mass is 504 g/mol. The van der Waals surface area contributed by atoms with Crippen molar-refractivity contribution in [1.82, 2.24) is 15.3 Å². The number of aromatic nitrogens is 2. The number of aromatic amines is 1. The molecular weight excluding hydrogens is 483 g/mol. The molecule has 3 N–H and O–H groups in total. The van der Waals surface area contributed by atoms with Crippen LogP contribution in [0, 0.1) is 18.8 Å². The molecule has 3 heterocycles. The summed E-state index contributed by atoms with van der Waals surface area (Å²) in [6, 6.07) is 10.1. The summed E-state index contributed by atoms with van der Waals surface area (Å²) < 4.78 is 0. The molecule has 2 fully saturated rings. The molecule has 1 aliphatic heterocycles. The summed E-state index contributed by atoms with van der Waals surface area (Å²) in [5.41, 5.74) is 2.73. The van der Waals surface area contributed by atoms with Gasteiger partial charge in [-0.1, -0.05) is 64.9 Å². The number of aromatic carboxylic acids is 1. The molecule has 3 aromatic rings. The third-order valence-corrected chi connectivity index (χ3v) is 8.51. The van der Waals surface area contributed by atoms with E-state index >= 15 is 0 Å². The van der Waals surface area contributed by atoms with Gasteiger partial charge in [0.15, 0.2) is 5.13 Å². The number of halogens is 2. The molecule has 2 aliphatic rings. The molecule has 0 bridgehead atoms. The van der Waals surface area contributed by atoms with Gasteiger partial charge in [-0.3, -0.25) is 4.79 Å². The number of aryl methyl sites for hydroxylation is 3. The van der Waals surface area contributed by atoms with Crippen LogP contribution in [0.15, 0.2) is 30.3 Å². The zero-order valence-electron chi connectivity index (χ0n) is 17.8. The van der Waals surface area contributed by atoms with Crippen LogP contribution >= 0.6 is 34.5 Å². The van der Waals surface area contributed by atoms with Gasteiger partial charge in [0.05, 0.1) is 15.7 Å². The maximum Gasteiger partial charge on any atom is 0.347 e. The zero-order valence-corrected chi connectivity index (χ0v) is 20.1. The van der Waals surface area contributed by atoms with Gasteiger partial charge in [0.2, 0.25) is 0 Å². The van der Waals surface area contributed by atoms with E-state index < -0.39 is 5.97 Å². The van der Waals surface area contributed by atoms with Crippen molar-refractivity contribution in [3.63, 3.8) is 0 Å². The fourth-order valence-electron chi connectivity index (χ4n) is 4.57. The van der Waals surface area contributed by atoms with E-state index in [0.717, 1.165) is 30.2 Å². The highest BCUT2D eigenvalue weighted by molar-refractivity contribution is 7.17. The summed E-state index contributed by atoms with van der Waals surface area (Å²) in [7, 11) is 0. The van der Waals surface area contributed by atoms with Crippen molar-refractivity contribution in [2.24, 2.45) is 11.8 Å². The van der Waals surface area contributed by atoms with E-state index in [1.807, 2.05) is 30.3 Å². The van der Waals surface area contributed by atoms with E-state index in [-0.39, 0.29) is 22.7 Å². The van der Waals surface area contributed by atoms with Gasteiger partial charge < -0.3 is 20.3 Å². The zero-order chi connectivity index (χ0) is 23.3. The maximum atomic E-state index is 12.6. The molecule has 0 radical (unpaired) electrons. The normalized spacial score (nSPS) is 21.2. The first-order valence-electron chi connectivity index (χ1n) is 10.7. The molecule has 172 valence electrons. The molecule has 5 rings (SSSR count). The number of hydrogen-bond acceptors (Lipinski definition) is 5. The minimum absolute atomic E-state index is 0.0728. The lowest BCUT2D eigenvalue weighted by molar-refractivity contribution is 0.0700. The number of hydrogen-bond donors (Lipinski definition) is 3. The van der Waals surface area contributed by atoms with Crippen LogP contribution in [0.4, 0.5) is 5.13 Å². The lowest BCUT2D eigenvalue weighted by atomic mass is 10.1. The van der Waals surface area contributed by atoms with Gasteiger partial charge in [-0.05, 0) is 25.3 Å². The molecule has 1 saturated heterocycles. The number of amides is 1. The Morgan fingerprint density at radius 2 is 1.88 bits per heavy atom. The molecule has 1 aromatic carbocycles. The molecule has 3 atom stereocenters. The van der Waals surface area contributed by atoms with Crippen molar-refractivity contribution in [2.75, 3.05) is 18.0 Å². The van der Waals surface area contributed by atoms with Crippen LogP contribution in [0.2, 0.25) is 10.0 Å². The topological polar surface area (TPSA) is 98.3 Å². The number of piperidine rings is 1. The summed E-state index contributed by atoms with van der Waals surface area (Å²) in [6.07, 6.45) is 1.33. The second-order valence-electron chi connectivity index (χ2n) is 8.55. The van der Waals surface area contributed by atoms with E-state index in [4.69, 9.17) is 23.2 Å². The van der Waals surface area contributed by atoms with Crippen LogP contribution in [0.25, 0.3) is 0 Å². The molecule has 0 unspecified atom stereocenters. The SMILES string of the molecule is Cc1[nH]c(C(=O)N[C@H]2[C@@H]3CN(c4nc(CCc5ccccc5)c(C(=O)O)s4)C[C@@H]32)c(Cl)c1Cl. The average molecular weight is 505 g/mol. The predicted molar refractivity (Wildman–Crippen MR) is 129 cm³/mol. The van der Waals surface area contributed by atoms with Crippen molar-refractivity contribution in [3.05, 3.63) is 67.9 Å². The molecule has 10 heteroatoms. The molecule has 7 nitrogen and oxygen atoms in total. The minimum atomic E-state index is -0.937. The Labute approximate surface area is 204 Å². The van der Waals surface area contributed by atoms with Gasteiger partial charge in [-0.25, -0.2) is 9.78 Å². The number of carbonyl (C=O) groups excluding carboxylic acids is 1. The van der Waals surface area contributed by atoms with Gasteiger partial charge in [-0.15, -0.1) is 0 Å². The second-order valence-corrected chi connectivity index (χ2v) is 10.3. The van der Waals surface area contributed by atoms with Crippen LogP contribution in [-0.2, 0) is 12.8 Å². The Kier molecular flexibility index (Phi) is 5.84. The van der Waals surface area contributed by atoms with Crippen LogP contribution in [0.5, 0.6) is 0 Å². The number of H-pyrrole nitrogens is 1. The van der Waals surface area contributed by atoms with Gasteiger partial charge in [0, 0.05) is 36.7 Å². The number of thiazole rings is 1. The lowest BCUT2D eigenvalue weighted by Crippen LogP contribution is -2.34. The minimum Gasteiger partial charge on any atom is -0.477 e. The fourth-order valence-corrected chi connectivity index (χ4v) is 5.95. The lowest BCUT2D eigenvalue weighted by Gasteiger charge is -2.19. The molecule has 1 amide bonds. The van der Waals surface area contributed by atoms with Crippen molar-refractivity contribution in [2.45, 2.75) is 25.8 Å². The van der Waals surface area contributed by atoms with E-state index in [9.17, 15) is 14.7 Å². The Bertz CT molecular complexity index is 1210. The summed E-state index contributed by atoms with van der Waals surface area (Å²) in [4.78, 5) is 34.4. The summed E-state index contributed by atoms with van der Waals surface area (Å²) in [5, 5.41) is 14.0. The highest BCUT2D eigenvalue weighted by Gasteiger charge is 2.57. The standard InChI is InChI=1S/C23H22Cl2N4O3S/c1-11-16(24)17(25)19(26-11)21(30)28-18-13-9-29(10-14(13)18)23-27-15(20(33-23)22(31)32)8-7-12-5-3-2-4-6-12/h2-6,13-14,18,26H,7-10H2,1H3,(H,28,30)(H,31,32)/t13-,14+,18+. The van der Waals surface area contributed by atoms with Crippen LogP contribution in [0.1, 0.15) is 37.1 Å². The number of rotatable bonds is 7. The first kappa shape index (κ1) is 22.3. The van der Waals surface area contributed by atoms with Gasteiger partial charge in [0.25, 0.3) is 5.91 Å². The van der Waals surface area contributed by atoms with Crippen LogP contribution in [0.3, 0.4) is 0 Å². The quantitative estimate of drug-likeness (QED) is 0.441. The Hall–Kier alpha value is -2.55. The number of nitrogens with one attached hydrogen (secondary N) is 2. The molecule has 1 aliphatic carbocycles. The maximum absolute atomic E-state index is 12.6. The summed E-state index contributed by atoms with van der Waals surface area (Å²) >= 11 is 13.5. The smallest absolute Gasteiger partial charge is 0.347 e. The van der Waals surface area contributed by atoms with Gasteiger partial charge in [0.1, 0.15) is 10.6 Å². The third kappa shape index (κ3) is 4.23. The first-order valence-corrected chi connectivity index (χ1v) is 12.3. The third-order valence-electron chi connectivity index (χ3n) is 6.42. The second kappa shape index (κ2) is 8.66. The predicted octanol–water partition coefficient (Wildman–Crippen LogP) is 4.43. The van der Waals surface area contributed by atoms with E-state index in [0.29, 0.717) is 39.5 Å². The molecule has 33 heavy (non-hydrogen) atoms. The van der Waals surface area contributed by atoms with Crippen LogP contribution < -0.4 is 10.2 Å². The number of carboxylic acids is 1. The summed E-state index contributed by atoms with van der Waals surface area (Å²) in [5.74, 6) is -0.576. The van der Waals surface area contributed by atoms with Crippen LogP contribution in [-0.4, -0.2) is 46.1 Å². The number of carboxylic acid groups (broad SMARTS) is 1. The molecule has 0 spiro atoms. The number of fused-ring (bicyclic) bond motifs is 1. The number of benzene rings is 1. The highest BCUT2D eigenvalue weighted by atomic mass is 35.5. The van der Waals surface area contributed by atoms with Crippen molar-refractivity contribution < 1.29 is 14.7 Å². The number of carbonyl (C=O) groups is 2. The number of anilines is 1. The Balaban J connectivity index is 1.22. The number of nitrogens with zero attached hydrogens (tertiary/aromatic N) is 2. The van der Waals surface area contributed by atoms with Crippen molar-refractivity contribution in [3.8, 4) is 0 Å².